The van der Waals surface area contributed by atoms with Gasteiger partial charge in [-0.1, -0.05) is 0 Å². The summed E-state index contributed by atoms with van der Waals surface area (Å²) in [5, 5.41) is 14.2. The molecule has 0 saturated carbocycles. The number of aromatic nitrogens is 1. The lowest BCUT2D eigenvalue weighted by Crippen LogP contribution is -2.32. The molecule has 1 heterocycles. The molecule has 0 fully saturated rings. The summed E-state index contributed by atoms with van der Waals surface area (Å²) >= 11 is 3.28. The van der Waals surface area contributed by atoms with E-state index >= 15 is 0 Å². The predicted molar refractivity (Wildman–Crippen MR) is 102 cm³/mol. The Kier molecular flexibility index (Phi) is 7.26. The third-order valence-electron chi connectivity index (χ3n) is 3.43. The topological polar surface area (TPSA) is 98.1 Å². The highest BCUT2D eigenvalue weighted by molar-refractivity contribution is 9.10. The summed E-state index contributed by atoms with van der Waals surface area (Å²) in [6.07, 6.45) is 1.85. The van der Waals surface area contributed by atoms with E-state index in [0.29, 0.717) is 23.6 Å². The summed E-state index contributed by atoms with van der Waals surface area (Å²) in [5.41, 5.74) is 1.17. The molecule has 0 aliphatic rings. The van der Waals surface area contributed by atoms with E-state index in [2.05, 4.69) is 31.5 Å². The second-order valence-corrected chi connectivity index (χ2v) is 6.55. The minimum Gasteiger partial charge on any atom is -0.326 e. The average Bonchev–Trinajstić information content (AvgIpc) is 2.62. The van der Waals surface area contributed by atoms with Gasteiger partial charge in [-0.3, -0.25) is 14.5 Å². The molecule has 1 aromatic heterocycles. The van der Waals surface area contributed by atoms with Crippen molar-refractivity contribution < 1.29 is 9.59 Å². The van der Waals surface area contributed by atoms with E-state index in [-0.39, 0.29) is 24.8 Å². The molecule has 8 heteroatoms. The summed E-state index contributed by atoms with van der Waals surface area (Å²) in [4.78, 5) is 29.8. The maximum absolute atomic E-state index is 12.0. The molecular formula is C18H18BrN5O2. The van der Waals surface area contributed by atoms with Crippen LogP contribution in [0.15, 0.2) is 47.1 Å². The molecule has 1 aromatic carbocycles. The van der Waals surface area contributed by atoms with Crippen LogP contribution in [0.1, 0.15) is 12.0 Å². The molecule has 0 bridgehead atoms. The first-order valence-corrected chi connectivity index (χ1v) is 8.65. The second-order valence-electron chi connectivity index (χ2n) is 5.63. The predicted octanol–water partition coefficient (Wildman–Crippen LogP) is 2.61. The SMILES string of the molecule is CN(CCC(=O)Nc1ccc(C#N)cc1)CC(=O)Nc1ccc(Br)cn1. The maximum Gasteiger partial charge on any atom is 0.239 e. The van der Waals surface area contributed by atoms with Crippen molar-refractivity contribution in [3.05, 3.63) is 52.6 Å². The summed E-state index contributed by atoms with van der Waals surface area (Å²) in [5.74, 6) is 0.122. The van der Waals surface area contributed by atoms with E-state index in [9.17, 15) is 9.59 Å². The van der Waals surface area contributed by atoms with Gasteiger partial charge in [0, 0.05) is 29.3 Å². The summed E-state index contributed by atoms with van der Waals surface area (Å²) in [6, 6.07) is 12.2. The van der Waals surface area contributed by atoms with Crippen molar-refractivity contribution in [3.8, 4) is 6.07 Å². The van der Waals surface area contributed by atoms with Crippen molar-refractivity contribution in [3.63, 3.8) is 0 Å². The number of nitriles is 1. The van der Waals surface area contributed by atoms with Crippen LogP contribution in [-0.2, 0) is 9.59 Å². The van der Waals surface area contributed by atoms with Gasteiger partial charge in [-0.05, 0) is 59.4 Å². The lowest BCUT2D eigenvalue weighted by molar-refractivity contribution is -0.119. The Bertz CT molecular complexity index is 800. The minimum atomic E-state index is -0.199. The summed E-state index contributed by atoms with van der Waals surface area (Å²) in [7, 11) is 1.77. The number of rotatable bonds is 7. The Morgan fingerprint density at radius 3 is 2.50 bits per heavy atom. The number of benzene rings is 1. The summed E-state index contributed by atoms with van der Waals surface area (Å²) < 4.78 is 0.834. The number of carbonyl (C=O) groups excluding carboxylic acids is 2. The zero-order valence-corrected chi connectivity index (χ0v) is 15.8. The van der Waals surface area contributed by atoms with Crippen LogP contribution in [0, 0.1) is 11.3 Å². The molecule has 26 heavy (non-hydrogen) atoms. The standard InChI is InChI=1S/C18H18BrN5O2/c1-24(12-18(26)23-16-7-4-14(19)11-21-16)9-8-17(25)22-15-5-2-13(10-20)3-6-15/h2-7,11H,8-9,12H2,1H3,(H,22,25)(H,21,23,26). The number of hydrogen-bond acceptors (Lipinski definition) is 5. The first-order chi connectivity index (χ1) is 12.5. The van der Waals surface area contributed by atoms with Gasteiger partial charge < -0.3 is 10.6 Å². The Labute approximate surface area is 160 Å². The fourth-order valence-corrected chi connectivity index (χ4v) is 2.33. The first-order valence-electron chi connectivity index (χ1n) is 7.86. The number of carbonyl (C=O) groups is 2. The molecule has 2 aromatic rings. The van der Waals surface area contributed by atoms with E-state index in [1.165, 1.54) is 0 Å². The molecular weight excluding hydrogens is 398 g/mol. The normalized spacial score (nSPS) is 10.2. The van der Waals surface area contributed by atoms with Crippen LogP contribution in [0.25, 0.3) is 0 Å². The van der Waals surface area contributed by atoms with Crippen molar-refractivity contribution >= 4 is 39.2 Å². The quantitative estimate of drug-likeness (QED) is 0.723. The van der Waals surface area contributed by atoms with Gasteiger partial charge in [0.15, 0.2) is 0 Å². The molecule has 2 N–H and O–H groups in total. The molecule has 0 unspecified atom stereocenters. The molecule has 134 valence electrons. The third-order valence-corrected chi connectivity index (χ3v) is 3.90. The number of halogens is 1. The molecule has 2 rings (SSSR count). The largest absolute Gasteiger partial charge is 0.326 e. The maximum atomic E-state index is 12.0. The van der Waals surface area contributed by atoms with Crippen LogP contribution >= 0.6 is 15.9 Å². The van der Waals surface area contributed by atoms with Gasteiger partial charge in [0.25, 0.3) is 0 Å². The number of hydrogen-bond donors (Lipinski definition) is 2. The van der Waals surface area contributed by atoms with Crippen LogP contribution in [0.5, 0.6) is 0 Å². The van der Waals surface area contributed by atoms with Crippen molar-refractivity contribution in [1.82, 2.24) is 9.88 Å². The Balaban J connectivity index is 1.72. The number of likely N-dealkylation sites (N-methyl/N-ethyl adjacent to an activating group) is 1. The van der Waals surface area contributed by atoms with Crippen LogP contribution < -0.4 is 10.6 Å². The molecule has 0 atom stereocenters. The second kappa shape index (κ2) is 9.65. The lowest BCUT2D eigenvalue weighted by atomic mass is 10.2. The molecule has 0 radical (unpaired) electrons. The van der Waals surface area contributed by atoms with Gasteiger partial charge >= 0.3 is 0 Å². The summed E-state index contributed by atoms with van der Waals surface area (Å²) in [6.45, 7) is 0.588. The first kappa shape index (κ1) is 19.6. The number of nitrogens with one attached hydrogen (secondary N) is 2. The van der Waals surface area contributed by atoms with Gasteiger partial charge in [-0.15, -0.1) is 0 Å². The highest BCUT2D eigenvalue weighted by atomic mass is 79.9. The fraction of sp³-hybridized carbons (Fsp3) is 0.222. The van der Waals surface area contributed by atoms with Crippen molar-refractivity contribution in [2.45, 2.75) is 6.42 Å². The highest BCUT2D eigenvalue weighted by Gasteiger charge is 2.10. The number of amides is 2. The van der Waals surface area contributed by atoms with Gasteiger partial charge in [-0.2, -0.15) is 5.26 Å². The van der Waals surface area contributed by atoms with Crippen LogP contribution in [0.2, 0.25) is 0 Å². The Morgan fingerprint density at radius 1 is 1.15 bits per heavy atom. The van der Waals surface area contributed by atoms with E-state index in [1.807, 2.05) is 6.07 Å². The minimum absolute atomic E-state index is 0.155. The highest BCUT2D eigenvalue weighted by Crippen LogP contribution is 2.11. The van der Waals surface area contributed by atoms with Crippen LogP contribution in [0.3, 0.4) is 0 Å². The van der Waals surface area contributed by atoms with E-state index < -0.39 is 0 Å². The number of pyridine rings is 1. The van der Waals surface area contributed by atoms with E-state index in [1.54, 1.807) is 54.5 Å². The molecule has 7 nitrogen and oxygen atoms in total. The van der Waals surface area contributed by atoms with Gasteiger partial charge in [0.05, 0.1) is 18.2 Å². The molecule has 2 amide bonds. The fourth-order valence-electron chi connectivity index (χ4n) is 2.10. The molecule has 0 spiro atoms. The van der Waals surface area contributed by atoms with Gasteiger partial charge in [-0.25, -0.2) is 4.98 Å². The average molecular weight is 416 g/mol. The van der Waals surface area contributed by atoms with Crippen molar-refractivity contribution in [1.29, 1.82) is 5.26 Å². The van der Waals surface area contributed by atoms with E-state index in [0.717, 1.165) is 4.47 Å². The zero-order valence-electron chi connectivity index (χ0n) is 14.2. The van der Waals surface area contributed by atoms with E-state index in [4.69, 9.17) is 5.26 Å². The molecule has 0 aliphatic carbocycles. The zero-order chi connectivity index (χ0) is 18.9. The van der Waals surface area contributed by atoms with Crippen molar-refractivity contribution in [2.75, 3.05) is 30.8 Å². The third kappa shape index (κ3) is 6.63. The number of anilines is 2. The Hall–Kier alpha value is -2.76. The monoisotopic (exact) mass is 415 g/mol. The lowest BCUT2D eigenvalue weighted by Gasteiger charge is -2.16. The molecule has 0 aliphatic heterocycles. The Morgan fingerprint density at radius 2 is 1.88 bits per heavy atom. The van der Waals surface area contributed by atoms with Crippen LogP contribution in [0.4, 0.5) is 11.5 Å². The van der Waals surface area contributed by atoms with Gasteiger partial charge in [0.1, 0.15) is 5.82 Å². The smallest absolute Gasteiger partial charge is 0.239 e. The number of nitrogens with zero attached hydrogens (tertiary/aromatic N) is 3. The van der Waals surface area contributed by atoms with Crippen molar-refractivity contribution in [2.24, 2.45) is 0 Å². The molecule has 0 saturated heterocycles. The van der Waals surface area contributed by atoms with Crippen LogP contribution in [-0.4, -0.2) is 41.8 Å². The van der Waals surface area contributed by atoms with Gasteiger partial charge in [0.2, 0.25) is 11.8 Å².